The van der Waals surface area contributed by atoms with Gasteiger partial charge < -0.3 is 14.8 Å². The van der Waals surface area contributed by atoms with Crippen molar-refractivity contribution in [1.82, 2.24) is 9.78 Å². The minimum absolute atomic E-state index is 0.186. The minimum Gasteiger partial charge on any atom is -0.493 e. The van der Waals surface area contributed by atoms with Crippen molar-refractivity contribution in [3.8, 4) is 28.4 Å². The van der Waals surface area contributed by atoms with E-state index >= 15 is 0 Å². The van der Waals surface area contributed by atoms with Crippen molar-refractivity contribution in [2.75, 3.05) is 19.5 Å². The van der Waals surface area contributed by atoms with Gasteiger partial charge in [-0.05, 0) is 78.9 Å². The molecule has 0 spiro atoms. The smallest absolute Gasteiger partial charge is 0.248 e. The van der Waals surface area contributed by atoms with Crippen LogP contribution in [0.15, 0.2) is 79.0 Å². The number of ether oxygens (including phenoxy) is 2. The van der Waals surface area contributed by atoms with Crippen LogP contribution in [0.25, 0.3) is 23.0 Å². The van der Waals surface area contributed by atoms with Gasteiger partial charge in [0.15, 0.2) is 11.5 Å². The fraction of sp³-hybridized carbons (Fsp3) is 0.172. The summed E-state index contributed by atoms with van der Waals surface area (Å²) in [7, 11) is 3.21. The molecule has 5 rings (SSSR count). The maximum atomic E-state index is 12.7. The predicted molar refractivity (Wildman–Crippen MR) is 138 cm³/mol. The lowest BCUT2D eigenvalue weighted by Crippen LogP contribution is -2.08. The Kier molecular flexibility index (Phi) is 6.35. The summed E-state index contributed by atoms with van der Waals surface area (Å²) in [4.78, 5) is 12.7. The Morgan fingerprint density at radius 2 is 1.74 bits per heavy atom. The third-order valence-corrected chi connectivity index (χ3v) is 6.20. The van der Waals surface area contributed by atoms with Gasteiger partial charge in [-0.3, -0.25) is 4.79 Å². The van der Waals surface area contributed by atoms with Crippen LogP contribution in [-0.4, -0.2) is 29.9 Å². The van der Waals surface area contributed by atoms with Crippen LogP contribution in [-0.2, 0) is 17.6 Å². The highest BCUT2D eigenvalue weighted by Gasteiger charge is 2.15. The molecular formula is C29H27N3O3. The molecule has 4 aromatic rings. The van der Waals surface area contributed by atoms with E-state index in [0.717, 1.165) is 41.0 Å². The predicted octanol–water partition coefficient (Wildman–Crippen LogP) is 5.70. The van der Waals surface area contributed by atoms with Crippen molar-refractivity contribution in [2.45, 2.75) is 19.3 Å². The number of amides is 1. The minimum atomic E-state index is -0.186. The first kappa shape index (κ1) is 22.5. The number of para-hydroxylation sites is 1. The average molecular weight is 466 g/mol. The van der Waals surface area contributed by atoms with Crippen LogP contribution in [0.1, 0.15) is 23.1 Å². The summed E-state index contributed by atoms with van der Waals surface area (Å²) in [6.07, 6.45) is 8.62. The third kappa shape index (κ3) is 4.82. The fourth-order valence-electron chi connectivity index (χ4n) is 4.43. The van der Waals surface area contributed by atoms with Crippen LogP contribution >= 0.6 is 0 Å². The second kappa shape index (κ2) is 9.89. The summed E-state index contributed by atoms with van der Waals surface area (Å²) >= 11 is 0. The number of benzene rings is 3. The topological polar surface area (TPSA) is 65.4 Å². The van der Waals surface area contributed by atoms with Gasteiger partial charge in [0, 0.05) is 29.1 Å². The van der Waals surface area contributed by atoms with Crippen LogP contribution in [0.2, 0.25) is 0 Å². The zero-order valence-electron chi connectivity index (χ0n) is 19.8. The van der Waals surface area contributed by atoms with Crippen LogP contribution in [0.5, 0.6) is 11.5 Å². The molecule has 1 N–H and O–H groups in total. The molecule has 0 saturated carbocycles. The van der Waals surface area contributed by atoms with Crippen LogP contribution < -0.4 is 14.8 Å². The summed E-state index contributed by atoms with van der Waals surface area (Å²) < 4.78 is 12.7. The number of rotatable bonds is 7. The van der Waals surface area contributed by atoms with E-state index in [1.807, 2.05) is 65.5 Å². The number of aromatic nitrogens is 2. The van der Waals surface area contributed by atoms with E-state index < -0.39 is 0 Å². The summed E-state index contributed by atoms with van der Waals surface area (Å²) in [5, 5.41) is 7.80. The lowest BCUT2D eigenvalue weighted by Gasteiger charge is -2.09. The molecule has 1 amide bonds. The Balaban J connectivity index is 1.45. The Labute approximate surface area is 204 Å². The maximum Gasteiger partial charge on any atom is 0.248 e. The molecule has 0 fully saturated rings. The molecule has 176 valence electrons. The molecule has 0 unspecified atom stereocenters. The molecule has 1 aromatic heterocycles. The number of nitrogens with one attached hydrogen (secondary N) is 1. The van der Waals surface area contributed by atoms with Crippen LogP contribution in [0, 0.1) is 0 Å². The average Bonchev–Trinajstić information content (AvgIpc) is 3.54. The van der Waals surface area contributed by atoms with Gasteiger partial charge in [-0.2, -0.15) is 5.10 Å². The van der Waals surface area contributed by atoms with Gasteiger partial charge in [-0.15, -0.1) is 0 Å². The van der Waals surface area contributed by atoms with E-state index in [9.17, 15) is 4.79 Å². The first-order valence-electron chi connectivity index (χ1n) is 11.6. The van der Waals surface area contributed by atoms with E-state index in [2.05, 4.69) is 17.4 Å². The first-order valence-corrected chi connectivity index (χ1v) is 11.6. The summed E-state index contributed by atoms with van der Waals surface area (Å²) in [5.41, 5.74) is 6.85. The lowest BCUT2D eigenvalue weighted by molar-refractivity contribution is -0.111. The molecular weight excluding hydrogens is 438 g/mol. The normalized spacial score (nSPS) is 12.5. The molecule has 1 heterocycles. The molecule has 3 aromatic carbocycles. The van der Waals surface area contributed by atoms with Gasteiger partial charge in [0.05, 0.1) is 19.9 Å². The van der Waals surface area contributed by atoms with Crippen molar-refractivity contribution >= 4 is 17.7 Å². The number of anilines is 1. The highest BCUT2D eigenvalue weighted by Crippen LogP contribution is 2.34. The van der Waals surface area contributed by atoms with E-state index in [1.165, 1.54) is 17.5 Å². The van der Waals surface area contributed by atoms with Gasteiger partial charge in [-0.25, -0.2) is 4.68 Å². The standard InChI is InChI=1S/C29H27N3O3/c1-34-26-15-12-22(18-27(26)35-2)29-23(19-32(31-29)25-9-4-3-5-10-25)13-16-28(33)30-24-14-11-20-7-6-8-21(20)17-24/h3-5,9-19H,6-8H2,1-2H3,(H,30,33)/b16-13+. The van der Waals surface area contributed by atoms with Gasteiger partial charge in [0.25, 0.3) is 0 Å². The summed E-state index contributed by atoms with van der Waals surface area (Å²) in [5.74, 6) is 1.07. The number of nitrogens with zero attached hydrogens (tertiary/aromatic N) is 2. The number of hydrogen-bond acceptors (Lipinski definition) is 4. The fourth-order valence-corrected chi connectivity index (χ4v) is 4.43. The SMILES string of the molecule is COc1ccc(-c2nn(-c3ccccc3)cc2/C=C/C(=O)Nc2ccc3c(c2)CCC3)cc1OC. The molecule has 0 bridgehead atoms. The van der Waals surface area contributed by atoms with Crippen LogP contribution in [0.4, 0.5) is 5.69 Å². The number of fused-ring (bicyclic) bond motifs is 1. The molecule has 0 radical (unpaired) electrons. The van der Waals surface area contributed by atoms with Crippen molar-refractivity contribution in [1.29, 1.82) is 0 Å². The van der Waals surface area contributed by atoms with Gasteiger partial charge in [0.2, 0.25) is 5.91 Å². The van der Waals surface area contributed by atoms with Crippen molar-refractivity contribution in [3.63, 3.8) is 0 Å². The zero-order chi connectivity index (χ0) is 24.2. The molecule has 1 aliphatic rings. The summed E-state index contributed by atoms with van der Waals surface area (Å²) in [6, 6.07) is 21.7. The molecule has 6 heteroatoms. The van der Waals surface area contributed by atoms with Crippen molar-refractivity contribution in [3.05, 3.63) is 95.7 Å². The lowest BCUT2D eigenvalue weighted by atomic mass is 10.1. The maximum absolute atomic E-state index is 12.7. The quantitative estimate of drug-likeness (QED) is 0.356. The molecule has 0 atom stereocenters. The Hall–Kier alpha value is -4.32. The third-order valence-electron chi connectivity index (χ3n) is 6.20. The number of methoxy groups -OCH3 is 2. The van der Waals surface area contributed by atoms with E-state index in [0.29, 0.717) is 11.5 Å². The molecule has 0 saturated heterocycles. The first-order chi connectivity index (χ1) is 17.1. The van der Waals surface area contributed by atoms with E-state index in [-0.39, 0.29) is 5.91 Å². The number of carbonyl (C=O) groups excluding carboxylic acids is 1. The van der Waals surface area contributed by atoms with E-state index in [1.54, 1.807) is 26.4 Å². The Bertz CT molecular complexity index is 1390. The zero-order valence-corrected chi connectivity index (χ0v) is 19.8. The molecule has 1 aliphatic carbocycles. The highest BCUT2D eigenvalue weighted by atomic mass is 16.5. The highest BCUT2D eigenvalue weighted by molar-refractivity contribution is 6.02. The second-order valence-corrected chi connectivity index (χ2v) is 8.44. The number of hydrogen-bond donors (Lipinski definition) is 1. The summed E-state index contributed by atoms with van der Waals surface area (Å²) in [6.45, 7) is 0. The Morgan fingerprint density at radius 3 is 2.54 bits per heavy atom. The van der Waals surface area contributed by atoms with Gasteiger partial charge in [0.1, 0.15) is 5.69 Å². The van der Waals surface area contributed by atoms with Crippen molar-refractivity contribution in [2.24, 2.45) is 0 Å². The second-order valence-electron chi connectivity index (χ2n) is 8.44. The van der Waals surface area contributed by atoms with Crippen molar-refractivity contribution < 1.29 is 14.3 Å². The molecule has 6 nitrogen and oxygen atoms in total. The number of carbonyl (C=O) groups is 1. The number of aryl methyl sites for hydroxylation is 2. The monoisotopic (exact) mass is 465 g/mol. The molecule has 0 aliphatic heterocycles. The Morgan fingerprint density at radius 1 is 0.943 bits per heavy atom. The van der Waals surface area contributed by atoms with Gasteiger partial charge >= 0.3 is 0 Å². The van der Waals surface area contributed by atoms with E-state index in [4.69, 9.17) is 14.6 Å². The largest absolute Gasteiger partial charge is 0.493 e. The van der Waals surface area contributed by atoms with Crippen LogP contribution in [0.3, 0.4) is 0 Å². The molecule has 35 heavy (non-hydrogen) atoms. The van der Waals surface area contributed by atoms with Gasteiger partial charge in [-0.1, -0.05) is 24.3 Å².